The molecule has 0 spiro atoms. The lowest BCUT2D eigenvalue weighted by molar-refractivity contribution is -0.139. The molecule has 2 aromatic carbocycles. The fraction of sp³-hybridized carbons (Fsp3) is 0.364. The second-order valence-corrected chi connectivity index (χ2v) is 9.53. The summed E-state index contributed by atoms with van der Waals surface area (Å²) < 4.78 is 27.0. The molecule has 30 heavy (non-hydrogen) atoms. The number of nitrogens with zero attached hydrogens (tertiary/aromatic N) is 3. The summed E-state index contributed by atoms with van der Waals surface area (Å²) in [5.41, 5.74) is 1.08. The summed E-state index contributed by atoms with van der Waals surface area (Å²) in [6.07, 6.45) is 0.799. The largest absolute Gasteiger partial charge is 0.289 e. The number of hydrogen-bond acceptors (Lipinski definition) is 5. The molecule has 2 saturated heterocycles. The van der Waals surface area contributed by atoms with Crippen LogP contribution >= 0.6 is 0 Å². The predicted octanol–water partition coefficient (Wildman–Crippen LogP) is 1.36. The molecule has 2 heterocycles. The van der Waals surface area contributed by atoms with Crippen molar-refractivity contribution in [3.8, 4) is 0 Å². The van der Waals surface area contributed by atoms with Crippen LogP contribution in [-0.2, 0) is 26.0 Å². The fourth-order valence-electron chi connectivity index (χ4n) is 4.07. The lowest BCUT2D eigenvalue weighted by Gasteiger charge is -2.36. The van der Waals surface area contributed by atoms with Gasteiger partial charge >= 0.3 is 0 Å². The van der Waals surface area contributed by atoms with Crippen molar-refractivity contribution in [2.75, 3.05) is 32.7 Å². The molecule has 158 valence electrons. The van der Waals surface area contributed by atoms with Gasteiger partial charge in [-0.05, 0) is 24.1 Å². The first-order valence-electron chi connectivity index (χ1n) is 10.1. The van der Waals surface area contributed by atoms with Crippen LogP contribution in [0, 0.1) is 0 Å². The van der Waals surface area contributed by atoms with E-state index in [2.05, 4.69) is 0 Å². The van der Waals surface area contributed by atoms with Crippen LogP contribution < -0.4 is 0 Å². The minimum atomic E-state index is -3.54. The zero-order valence-electron chi connectivity index (χ0n) is 16.7. The van der Waals surface area contributed by atoms with Gasteiger partial charge in [0.15, 0.2) is 0 Å². The highest BCUT2D eigenvalue weighted by Gasteiger charge is 2.43. The Morgan fingerprint density at radius 2 is 1.43 bits per heavy atom. The maximum Gasteiger partial charge on any atom is 0.247 e. The highest BCUT2D eigenvalue weighted by atomic mass is 32.2. The zero-order chi connectivity index (χ0) is 21.1. The van der Waals surface area contributed by atoms with Gasteiger partial charge in [0.05, 0.1) is 17.4 Å². The minimum absolute atomic E-state index is 0.153. The molecular formula is C22H25N3O4S. The minimum Gasteiger partial charge on any atom is -0.289 e. The first kappa shape index (κ1) is 20.7. The molecule has 0 saturated carbocycles. The number of rotatable bonds is 6. The highest BCUT2D eigenvalue weighted by molar-refractivity contribution is 7.89. The summed E-state index contributed by atoms with van der Waals surface area (Å²) in [5.74, 6) is -0.324. The summed E-state index contributed by atoms with van der Waals surface area (Å²) in [4.78, 5) is 28.9. The number of hydrogen-bond donors (Lipinski definition) is 0. The Balaban J connectivity index is 1.36. The van der Waals surface area contributed by atoms with Gasteiger partial charge in [-0.25, -0.2) is 8.42 Å². The summed E-state index contributed by atoms with van der Waals surface area (Å²) in [6, 6.07) is 17.7. The van der Waals surface area contributed by atoms with Crippen LogP contribution in [0.5, 0.6) is 0 Å². The van der Waals surface area contributed by atoms with Crippen LogP contribution in [0.4, 0.5) is 0 Å². The lowest BCUT2D eigenvalue weighted by atomic mass is 10.1. The summed E-state index contributed by atoms with van der Waals surface area (Å²) in [7, 11) is -3.54. The monoisotopic (exact) mass is 427 g/mol. The van der Waals surface area contributed by atoms with E-state index in [0.717, 1.165) is 5.56 Å². The molecule has 0 aliphatic carbocycles. The second kappa shape index (κ2) is 8.67. The van der Waals surface area contributed by atoms with E-state index in [1.165, 1.54) is 9.21 Å². The molecule has 2 aliphatic rings. The van der Waals surface area contributed by atoms with E-state index in [-0.39, 0.29) is 23.1 Å². The Hall–Kier alpha value is -2.55. The van der Waals surface area contributed by atoms with E-state index < -0.39 is 16.1 Å². The first-order chi connectivity index (χ1) is 14.5. The van der Waals surface area contributed by atoms with E-state index >= 15 is 0 Å². The third-order valence-corrected chi connectivity index (χ3v) is 7.69. The van der Waals surface area contributed by atoms with Gasteiger partial charge in [0.1, 0.15) is 0 Å². The Kier molecular flexibility index (Phi) is 5.99. The Bertz CT molecular complexity index is 1000. The number of carbonyl (C=O) groups is 2. The van der Waals surface area contributed by atoms with Gasteiger partial charge in [-0.1, -0.05) is 48.5 Å². The molecule has 2 aliphatic heterocycles. The van der Waals surface area contributed by atoms with Crippen LogP contribution in [0.3, 0.4) is 0 Å². The number of amides is 2. The molecule has 7 nitrogen and oxygen atoms in total. The average molecular weight is 428 g/mol. The van der Waals surface area contributed by atoms with E-state index in [1.54, 1.807) is 30.3 Å². The number of imide groups is 1. The van der Waals surface area contributed by atoms with Crippen molar-refractivity contribution in [2.24, 2.45) is 0 Å². The number of piperazine rings is 1. The third kappa shape index (κ3) is 4.16. The van der Waals surface area contributed by atoms with Gasteiger partial charge < -0.3 is 0 Å². The molecule has 1 unspecified atom stereocenters. The van der Waals surface area contributed by atoms with Gasteiger partial charge in [0.2, 0.25) is 21.8 Å². The molecule has 0 N–H and O–H groups in total. The molecule has 1 atom stereocenters. The molecule has 2 aromatic rings. The van der Waals surface area contributed by atoms with Gasteiger partial charge in [0, 0.05) is 32.7 Å². The SMILES string of the molecule is O=C1CC(N2CCN(S(=O)(=O)c3ccccc3)CC2)C(=O)N1CCc1ccccc1. The molecule has 2 fully saturated rings. The Morgan fingerprint density at radius 3 is 2.07 bits per heavy atom. The standard InChI is InChI=1S/C22H25N3O4S/c26-21-17-20(22(27)25(21)12-11-18-7-3-1-4-8-18)23-13-15-24(16-14-23)30(28,29)19-9-5-2-6-10-19/h1-10,20H,11-17H2. The van der Waals surface area contributed by atoms with E-state index in [4.69, 9.17) is 0 Å². The fourth-order valence-corrected chi connectivity index (χ4v) is 5.51. The summed E-state index contributed by atoms with van der Waals surface area (Å²) in [6.45, 7) is 1.85. The Morgan fingerprint density at radius 1 is 0.833 bits per heavy atom. The maximum atomic E-state index is 12.9. The van der Waals surface area contributed by atoms with Crippen molar-refractivity contribution in [3.05, 3.63) is 66.2 Å². The van der Waals surface area contributed by atoms with Crippen LogP contribution in [-0.4, -0.2) is 73.1 Å². The third-order valence-electron chi connectivity index (χ3n) is 5.78. The normalized spacial score (nSPS) is 21.3. The van der Waals surface area contributed by atoms with Crippen LogP contribution in [0.1, 0.15) is 12.0 Å². The van der Waals surface area contributed by atoms with Crippen LogP contribution in [0.15, 0.2) is 65.6 Å². The molecule has 0 radical (unpaired) electrons. The second-order valence-electron chi connectivity index (χ2n) is 7.59. The highest BCUT2D eigenvalue weighted by Crippen LogP contribution is 2.23. The summed E-state index contributed by atoms with van der Waals surface area (Å²) >= 11 is 0. The van der Waals surface area contributed by atoms with Gasteiger partial charge in [-0.15, -0.1) is 0 Å². The molecule has 0 aromatic heterocycles. The van der Waals surface area contributed by atoms with E-state index in [9.17, 15) is 18.0 Å². The van der Waals surface area contributed by atoms with Crippen molar-refractivity contribution in [1.29, 1.82) is 0 Å². The zero-order valence-corrected chi connectivity index (χ0v) is 17.5. The Labute approximate surface area is 176 Å². The van der Waals surface area contributed by atoms with Crippen molar-refractivity contribution in [3.63, 3.8) is 0 Å². The first-order valence-corrected chi connectivity index (χ1v) is 11.6. The molecular weight excluding hydrogens is 402 g/mol. The predicted molar refractivity (Wildman–Crippen MR) is 112 cm³/mol. The smallest absolute Gasteiger partial charge is 0.247 e. The van der Waals surface area contributed by atoms with Crippen molar-refractivity contribution in [2.45, 2.75) is 23.8 Å². The number of benzene rings is 2. The molecule has 4 rings (SSSR count). The quantitative estimate of drug-likeness (QED) is 0.651. The lowest BCUT2D eigenvalue weighted by Crippen LogP contribution is -2.53. The van der Waals surface area contributed by atoms with E-state index in [0.29, 0.717) is 39.1 Å². The molecule has 8 heteroatoms. The summed E-state index contributed by atoms with van der Waals surface area (Å²) in [5, 5.41) is 0. The maximum absolute atomic E-state index is 12.9. The van der Waals surface area contributed by atoms with Crippen molar-refractivity contribution < 1.29 is 18.0 Å². The number of likely N-dealkylation sites (tertiary alicyclic amines) is 1. The van der Waals surface area contributed by atoms with Crippen molar-refractivity contribution in [1.82, 2.24) is 14.1 Å². The van der Waals surface area contributed by atoms with Crippen molar-refractivity contribution >= 4 is 21.8 Å². The van der Waals surface area contributed by atoms with Gasteiger partial charge in [-0.2, -0.15) is 4.31 Å². The van der Waals surface area contributed by atoms with Crippen LogP contribution in [0.2, 0.25) is 0 Å². The van der Waals surface area contributed by atoms with Gasteiger partial charge in [-0.3, -0.25) is 19.4 Å². The van der Waals surface area contributed by atoms with Gasteiger partial charge in [0.25, 0.3) is 0 Å². The molecule has 0 bridgehead atoms. The van der Waals surface area contributed by atoms with Crippen LogP contribution in [0.25, 0.3) is 0 Å². The topological polar surface area (TPSA) is 78.0 Å². The molecule has 2 amide bonds. The van der Waals surface area contributed by atoms with E-state index in [1.807, 2.05) is 35.2 Å². The average Bonchev–Trinajstić information content (AvgIpc) is 3.07. The number of carbonyl (C=O) groups excluding carboxylic acids is 2. The number of sulfonamides is 1.